The number of rotatable bonds is 4. The van der Waals surface area contributed by atoms with Crippen LogP contribution in [0.2, 0.25) is 5.02 Å². The summed E-state index contributed by atoms with van der Waals surface area (Å²) in [5.74, 6) is -0.227. The van der Waals surface area contributed by atoms with Crippen LogP contribution in [0.3, 0.4) is 0 Å². The molecule has 0 atom stereocenters. The highest BCUT2D eigenvalue weighted by molar-refractivity contribution is 7.89. The normalized spacial score (nSPS) is 16.5. The molecule has 1 N–H and O–H groups in total. The van der Waals surface area contributed by atoms with Crippen molar-refractivity contribution in [3.63, 3.8) is 0 Å². The molecule has 1 aliphatic rings. The summed E-state index contributed by atoms with van der Waals surface area (Å²) < 4.78 is 26.7. The van der Waals surface area contributed by atoms with Crippen molar-refractivity contribution in [3.05, 3.63) is 65.2 Å². The average molecular weight is 379 g/mol. The summed E-state index contributed by atoms with van der Waals surface area (Å²) in [6, 6.07) is 15.2. The van der Waals surface area contributed by atoms with Crippen LogP contribution in [0.25, 0.3) is 0 Å². The van der Waals surface area contributed by atoms with Crippen molar-refractivity contribution in [1.82, 2.24) is 9.62 Å². The third kappa shape index (κ3) is 4.03. The van der Waals surface area contributed by atoms with E-state index < -0.39 is 10.0 Å². The molecule has 132 valence electrons. The predicted molar refractivity (Wildman–Crippen MR) is 97.1 cm³/mol. The lowest BCUT2D eigenvalue weighted by molar-refractivity contribution is 0.0924. The van der Waals surface area contributed by atoms with Crippen LogP contribution in [0.5, 0.6) is 0 Å². The van der Waals surface area contributed by atoms with Gasteiger partial charge in [-0.25, -0.2) is 8.42 Å². The number of sulfonamides is 1. The third-order valence-corrected chi connectivity index (χ3v) is 6.53. The Morgan fingerprint density at radius 3 is 2.24 bits per heavy atom. The Morgan fingerprint density at radius 2 is 1.60 bits per heavy atom. The number of halogens is 1. The molecule has 0 radical (unpaired) electrons. The molecule has 7 heteroatoms. The van der Waals surface area contributed by atoms with E-state index in [1.165, 1.54) is 4.31 Å². The van der Waals surface area contributed by atoms with Crippen LogP contribution in [-0.2, 0) is 10.0 Å². The maximum Gasteiger partial charge on any atom is 0.253 e. The molecule has 0 aliphatic carbocycles. The van der Waals surface area contributed by atoms with Gasteiger partial charge in [-0.3, -0.25) is 4.79 Å². The fourth-order valence-corrected chi connectivity index (χ4v) is 4.60. The smallest absolute Gasteiger partial charge is 0.253 e. The SMILES string of the molecule is O=C(NC1CCN(S(=O)(=O)c2ccccc2)CC1)c1ccccc1Cl. The zero-order valence-corrected chi connectivity index (χ0v) is 15.1. The summed E-state index contributed by atoms with van der Waals surface area (Å²) in [7, 11) is -3.47. The van der Waals surface area contributed by atoms with Crippen LogP contribution in [0.15, 0.2) is 59.5 Å². The number of piperidine rings is 1. The van der Waals surface area contributed by atoms with Crippen molar-refractivity contribution < 1.29 is 13.2 Å². The molecule has 0 saturated carbocycles. The Kier molecular flexibility index (Phi) is 5.42. The van der Waals surface area contributed by atoms with E-state index in [4.69, 9.17) is 11.6 Å². The highest BCUT2D eigenvalue weighted by Crippen LogP contribution is 2.21. The van der Waals surface area contributed by atoms with Gasteiger partial charge in [0.05, 0.1) is 15.5 Å². The standard InChI is InChI=1S/C18H19ClN2O3S/c19-17-9-5-4-8-16(17)18(22)20-14-10-12-21(13-11-14)25(23,24)15-6-2-1-3-7-15/h1-9,14H,10-13H2,(H,20,22). The van der Waals surface area contributed by atoms with Crippen LogP contribution < -0.4 is 5.32 Å². The topological polar surface area (TPSA) is 66.5 Å². The van der Waals surface area contributed by atoms with Crippen molar-refractivity contribution in [3.8, 4) is 0 Å². The molecule has 0 unspecified atom stereocenters. The summed E-state index contributed by atoms with van der Waals surface area (Å²) in [5.41, 5.74) is 0.434. The van der Waals surface area contributed by atoms with E-state index in [0.717, 1.165) is 0 Å². The molecule has 2 aromatic carbocycles. The summed E-state index contributed by atoms with van der Waals surface area (Å²) in [5, 5.41) is 3.35. The van der Waals surface area contributed by atoms with Gasteiger partial charge in [0, 0.05) is 19.1 Å². The van der Waals surface area contributed by atoms with E-state index in [-0.39, 0.29) is 11.9 Å². The second-order valence-electron chi connectivity index (χ2n) is 5.94. The summed E-state index contributed by atoms with van der Waals surface area (Å²) in [4.78, 5) is 12.6. The van der Waals surface area contributed by atoms with E-state index in [1.807, 2.05) is 0 Å². The van der Waals surface area contributed by atoms with Gasteiger partial charge in [0.15, 0.2) is 0 Å². The fraction of sp³-hybridized carbons (Fsp3) is 0.278. The first-order valence-electron chi connectivity index (χ1n) is 8.09. The third-order valence-electron chi connectivity index (χ3n) is 4.29. The van der Waals surface area contributed by atoms with Crippen molar-refractivity contribution in [2.75, 3.05) is 13.1 Å². The first kappa shape index (κ1) is 17.9. The van der Waals surface area contributed by atoms with E-state index in [9.17, 15) is 13.2 Å². The minimum Gasteiger partial charge on any atom is -0.349 e. The van der Waals surface area contributed by atoms with Gasteiger partial charge < -0.3 is 5.32 Å². The molecule has 2 aromatic rings. The van der Waals surface area contributed by atoms with Crippen molar-refractivity contribution >= 4 is 27.5 Å². The fourth-order valence-electron chi connectivity index (χ4n) is 2.89. The van der Waals surface area contributed by atoms with Gasteiger partial charge >= 0.3 is 0 Å². The molecule has 0 spiro atoms. The van der Waals surface area contributed by atoms with Gasteiger partial charge in [0.1, 0.15) is 0 Å². The van der Waals surface area contributed by atoms with Crippen LogP contribution in [-0.4, -0.2) is 37.8 Å². The lowest BCUT2D eigenvalue weighted by Crippen LogP contribution is -2.46. The largest absolute Gasteiger partial charge is 0.349 e. The van der Waals surface area contributed by atoms with E-state index >= 15 is 0 Å². The number of nitrogens with zero attached hydrogens (tertiary/aromatic N) is 1. The van der Waals surface area contributed by atoms with Gasteiger partial charge in [-0.15, -0.1) is 0 Å². The summed E-state index contributed by atoms with van der Waals surface area (Å²) >= 11 is 6.04. The first-order chi connectivity index (χ1) is 12.0. The van der Waals surface area contributed by atoms with Crippen molar-refractivity contribution in [2.24, 2.45) is 0 Å². The molecule has 0 aromatic heterocycles. The number of carbonyl (C=O) groups excluding carboxylic acids is 1. The quantitative estimate of drug-likeness (QED) is 0.889. The molecule has 25 heavy (non-hydrogen) atoms. The van der Waals surface area contributed by atoms with Gasteiger partial charge in [-0.1, -0.05) is 41.9 Å². The number of nitrogens with one attached hydrogen (secondary N) is 1. The molecule has 3 rings (SSSR count). The van der Waals surface area contributed by atoms with Crippen molar-refractivity contribution in [1.29, 1.82) is 0 Å². The Hall–Kier alpha value is -1.89. The molecular weight excluding hydrogens is 360 g/mol. The van der Waals surface area contributed by atoms with Gasteiger partial charge in [0.25, 0.3) is 5.91 Å². The molecule has 0 bridgehead atoms. The Morgan fingerprint density at radius 1 is 1.00 bits per heavy atom. The van der Waals surface area contributed by atoms with Crippen molar-refractivity contribution in [2.45, 2.75) is 23.8 Å². The first-order valence-corrected chi connectivity index (χ1v) is 9.91. The lowest BCUT2D eigenvalue weighted by atomic mass is 10.1. The van der Waals surface area contributed by atoms with E-state index in [1.54, 1.807) is 54.6 Å². The maximum atomic E-state index is 12.6. The van der Waals surface area contributed by atoms with Crippen LogP contribution in [0, 0.1) is 0 Å². The Labute approximate surface area is 152 Å². The molecule has 1 heterocycles. The summed E-state index contributed by atoms with van der Waals surface area (Å²) in [6.45, 7) is 0.759. The molecule has 5 nitrogen and oxygen atoms in total. The molecule has 1 aliphatic heterocycles. The minimum atomic E-state index is -3.47. The van der Waals surface area contributed by atoms with E-state index in [0.29, 0.717) is 41.4 Å². The minimum absolute atomic E-state index is 0.0639. The zero-order valence-electron chi connectivity index (χ0n) is 13.6. The molecule has 1 amide bonds. The molecular formula is C18H19ClN2O3S. The number of hydrogen-bond acceptors (Lipinski definition) is 3. The van der Waals surface area contributed by atoms with Gasteiger partial charge in [0.2, 0.25) is 10.0 Å². The van der Waals surface area contributed by atoms with Crippen LogP contribution >= 0.6 is 11.6 Å². The average Bonchev–Trinajstić information content (AvgIpc) is 2.63. The van der Waals surface area contributed by atoms with Crippen LogP contribution in [0.1, 0.15) is 23.2 Å². The second-order valence-corrected chi connectivity index (χ2v) is 8.29. The highest BCUT2D eigenvalue weighted by atomic mass is 35.5. The molecule has 1 saturated heterocycles. The van der Waals surface area contributed by atoms with E-state index in [2.05, 4.69) is 5.32 Å². The Balaban J connectivity index is 1.61. The monoisotopic (exact) mass is 378 g/mol. The predicted octanol–water partition coefficient (Wildman–Crippen LogP) is 2.92. The maximum absolute atomic E-state index is 12.6. The van der Waals surface area contributed by atoms with Crippen LogP contribution in [0.4, 0.5) is 0 Å². The molecule has 1 fully saturated rings. The van der Waals surface area contributed by atoms with Gasteiger partial charge in [-0.2, -0.15) is 4.31 Å². The lowest BCUT2D eigenvalue weighted by Gasteiger charge is -2.31. The zero-order chi connectivity index (χ0) is 17.9. The number of hydrogen-bond donors (Lipinski definition) is 1. The highest BCUT2D eigenvalue weighted by Gasteiger charge is 2.30. The van der Waals surface area contributed by atoms with Gasteiger partial charge in [-0.05, 0) is 37.1 Å². The number of amides is 1. The Bertz CT molecular complexity index is 848. The summed E-state index contributed by atoms with van der Waals surface area (Å²) in [6.07, 6.45) is 1.14. The number of benzene rings is 2. The number of carbonyl (C=O) groups is 1. The second kappa shape index (κ2) is 7.56.